The topological polar surface area (TPSA) is 58.4 Å². The van der Waals surface area contributed by atoms with Crippen molar-refractivity contribution in [1.29, 1.82) is 0 Å². The molecule has 5 aromatic heterocycles. The summed E-state index contributed by atoms with van der Waals surface area (Å²) >= 11 is 0. The Bertz CT molecular complexity index is 4070. The largest absolute Gasteiger partial charge is 0.309 e. The first-order chi connectivity index (χ1) is 32.2. The molecule has 0 aliphatic rings. The number of hydrogen-bond donors (Lipinski definition) is 0. The highest BCUT2D eigenvalue weighted by Gasteiger charge is 2.26. The van der Waals surface area contributed by atoms with Gasteiger partial charge in [-0.25, -0.2) is 0 Å². The van der Waals surface area contributed by atoms with Crippen LogP contribution >= 0.6 is 0 Å². The van der Waals surface area contributed by atoms with E-state index in [4.69, 9.17) is 15.0 Å². The fraction of sp³-hybridized carbons (Fsp3) is 0.0172. The van der Waals surface area contributed by atoms with E-state index < -0.39 is 0 Å². The van der Waals surface area contributed by atoms with Crippen molar-refractivity contribution < 1.29 is 0 Å². The molecule has 8 aromatic carbocycles. The standard InChI is InChI=1S/C58H39N7/c1-3-20-40-44-33-34-45-41-27-14-19-32-51(41)65(55(45)54(44)63(48(40)4-2)39-25-12-7-13-26-39)58-60-56(37-21-8-5-9-22-37)59-57(61-58)64-50-31-18-16-29-43(50)47-35-52-46(36-53(47)64)42-28-15-17-30-49(42)62(52)38-23-10-6-11-24-38/h3-36H,2H2,1H3/b20-3-. The van der Waals surface area contributed by atoms with E-state index in [0.717, 1.165) is 99.1 Å². The zero-order chi connectivity index (χ0) is 43.2. The van der Waals surface area contributed by atoms with E-state index in [2.05, 4.69) is 214 Å². The highest BCUT2D eigenvalue weighted by Crippen LogP contribution is 2.43. The second kappa shape index (κ2) is 14.4. The molecule has 13 rings (SSSR count). The zero-order valence-corrected chi connectivity index (χ0v) is 35.5. The molecule has 0 fully saturated rings. The minimum Gasteiger partial charge on any atom is -0.309 e. The van der Waals surface area contributed by atoms with E-state index in [-0.39, 0.29) is 0 Å². The lowest BCUT2D eigenvalue weighted by Gasteiger charge is -2.14. The molecule has 0 saturated heterocycles. The van der Waals surface area contributed by atoms with Gasteiger partial charge in [-0.05, 0) is 67.6 Å². The second-order valence-electron chi connectivity index (χ2n) is 16.4. The van der Waals surface area contributed by atoms with Crippen LogP contribution in [0.3, 0.4) is 0 Å². The minimum absolute atomic E-state index is 0.522. The summed E-state index contributed by atoms with van der Waals surface area (Å²) in [5.41, 5.74) is 12.5. The molecule has 306 valence electrons. The Balaban J connectivity index is 1.18. The summed E-state index contributed by atoms with van der Waals surface area (Å²) < 4.78 is 9.18. The van der Waals surface area contributed by atoms with Crippen molar-refractivity contribution in [2.75, 3.05) is 0 Å². The average Bonchev–Trinajstić information content (AvgIpc) is 4.08. The van der Waals surface area contributed by atoms with Crippen LogP contribution in [0.5, 0.6) is 0 Å². The first kappa shape index (κ1) is 36.8. The Morgan fingerprint density at radius 1 is 0.400 bits per heavy atom. The number of aromatic nitrogens is 7. The van der Waals surface area contributed by atoms with E-state index in [0.29, 0.717) is 17.7 Å². The van der Waals surface area contributed by atoms with Gasteiger partial charge < -0.3 is 9.13 Å². The molecule has 7 nitrogen and oxygen atoms in total. The Hall–Kier alpha value is -8.81. The predicted molar refractivity (Wildman–Crippen MR) is 270 cm³/mol. The van der Waals surface area contributed by atoms with Gasteiger partial charge in [0.05, 0.1) is 44.3 Å². The van der Waals surface area contributed by atoms with Gasteiger partial charge in [0, 0.05) is 60.2 Å². The lowest BCUT2D eigenvalue weighted by Crippen LogP contribution is -2.10. The SMILES string of the molecule is C=Cc1c(/C=C\C)c2ccc3c4ccccc4n(-c4nc(-c5ccccc5)nc(-n5c6ccccc6c6cc7c(cc65)c5ccccc5n7-c5ccccc5)n4)c3c2n1-c1ccccc1. The van der Waals surface area contributed by atoms with E-state index in [1.165, 1.54) is 5.39 Å². The highest BCUT2D eigenvalue weighted by molar-refractivity contribution is 6.21. The molecule has 0 unspecified atom stereocenters. The number of nitrogens with zero attached hydrogens (tertiary/aromatic N) is 7. The summed E-state index contributed by atoms with van der Waals surface area (Å²) in [6.07, 6.45) is 6.25. The van der Waals surface area contributed by atoms with Crippen LogP contribution in [0.4, 0.5) is 0 Å². The van der Waals surface area contributed by atoms with Crippen LogP contribution in [-0.2, 0) is 0 Å². The number of rotatable bonds is 7. The van der Waals surface area contributed by atoms with Gasteiger partial charge >= 0.3 is 0 Å². The molecule has 0 atom stereocenters. The number of benzene rings is 8. The molecule has 0 spiro atoms. The lowest BCUT2D eigenvalue weighted by molar-refractivity contribution is 0.893. The maximum atomic E-state index is 5.59. The monoisotopic (exact) mass is 833 g/mol. The summed E-state index contributed by atoms with van der Waals surface area (Å²) in [7, 11) is 0. The summed E-state index contributed by atoms with van der Waals surface area (Å²) in [6.45, 7) is 6.41. The molecule has 0 radical (unpaired) electrons. The summed E-state index contributed by atoms with van der Waals surface area (Å²) in [5, 5.41) is 7.88. The van der Waals surface area contributed by atoms with Crippen LogP contribution in [0.1, 0.15) is 18.2 Å². The summed E-state index contributed by atoms with van der Waals surface area (Å²) in [4.78, 5) is 16.4. The maximum absolute atomic E-state index is 5.59. The quantitative estimate of drug-likeness (QED) is 0.161. The smallest absolute Gasteiger partial charge is 0.240 e. The third kappa shape index (κ3) is 5.39. The van der Waals surface area contributed by atoms with Gasteiger partial charge in [0.2, 0.25) is 11.9 Å². The highest BCUT2D eigenvalue weighted by atomic mass is 15.3. The van der Waals surface area contributed by atoms with Crippen molar-refractivity contribution in [3.8, 4) is 34.7 Å². The van der Waals surface area contributed by atoms with Crippen LogP contribution in [0.2, 0.25) is 0 Å². The van der Waals surface area contributed by atoms with Gasteiger partial charge in [0.15, 0.2) is 5.82 Å². The van der Waals surface area contributed by atoms with E-state index in [9.17, 15) is 0 Å². The fourth-order valence-electron chi connectivity index (χ4n) is 10.2. The molecule has 13 aromatic rings. The lowest BCUT2D eigenvalue weighted by atomic mass is 10.1. The number of fused-ring (bicyclic) bond motifs is 11. The van der Waals surface area contributed by atoms with E-state index in [1.54, 1.807) is 0 Å². The van der Waals surface area contributed by atoms with Crippen LogP contribution < -0.4 is 0 Å². The molecular formula is C58H39N7. The fourth-order valence-corrected chi connectivity index (χ4v) is 10.2. The van der Waals surface area contributed by atoms with Gasteiger partial charge in [0.25, 0.3) is 0 Å². The Labute approximate surface area is 373 Å². The Kier molecular flexibility index (Phi) is 8.14. The van der Waals surface area contributed by atoms with Gasteiger partial charge in [0.1, 0.15) is 0 Å². The molecule has 0 amide bonds. The zero-order valence-electron chi connectivity index (χ0n) is 35.5. The van der Waals surface area contributed by atoms with Crippen LogP contribution in [0.15, 0.2) is 201 Å². The Morgan fingerprint density at radius 2 is 0.862 bits per heavy atom. The molecule has 0 saturated carbocycles. The molecule has 7 heteroatoms. The van der Waals surface area contributed by atoms with E-state index >= 15 is 0 Å². The predicted octanol–water partition coefficient (Wildman–Crippen LogP) is 14.4. The van der Waals surface area contributed by atoms with Crippen molar-refractivity contribution >= 4 is 88.5 Å². The average molecular weight is 834 g/mol. The minimum atomic E-state index is 0.522. The normalized spacial score (nSPS) is 12.1. The third-order valence-electron chi connectivity index (χ3n) is 12.9. The summed E-state index contributed by atoms with van der Waals surface area (Å²) in [5.74, 6) is 1.63. The van der Waals surface area contributed by atoms with Gasteiger partial charge in [-0.1, -0.05) is 152 Å². The molecule has 0 aliphatic heterocycles. The molecule has 65 heavy (non-hydrogen) atoms. The number of hydrogen-bond acceptors (Lipinski definition) is 3. The van der Waals surface area contributed by atoms with E-state index in [1.807, 2.05) is 24.3 Å². The first-order valence-electron chi connectivity index (χ1n) is 22.0. The molecule has 0 aliphatic carbocycles. The number of para-hydroxylation sites is 5. The number of allylic oxidation sites excluding steroid dienone is 1. The van der Waals surface area contributed by atoms with Crippen molar-refractivity contribution in [3.63, 3.8) is 0 Å². The van der Waals surface area contributed by atoms with Gasteiger partial charge in [-0.2, -0.15) is 15.0 Å². The third-order valence-corrected chi connectivity index (χ3v) is 12.9. The first-order valence-corrected chi connectivity index (χ1v) is 22.0. The van der Waals surface area contributed by atoms with Crippen molar-refractivity contribution in [2.24, 2.45) is 0 Å². The summed E-state index contributed by atoms with van der Waals surface area (Å²) in [6, 6.07) is 66.4. The Morgan fingerprint density at radius 3 is 1.46 bits per heavy atom. The maximum Gasteiger partial charge on any atom is 0.240 e. The van der Waals surface area contributed by atoms with Crippen LogP contribution in [0.25, 0.3) is 123 Å². The van der Waals surface area contributed by atoms with Crippen molar-refractivity contribution in [2.45, 2.75) is 6.92 Å². The van der Waals surface area contributed by atoms with Crippen LogP contribution in [0, 0.1) is 0 Å². The molecule has 0 N–H and O–H groups in total. The van der Waals surface area contributed by atoms with Crippen molar-refractivity contribution in [3.05, 3.63) is 212 Å². The van der Waals surface area contributed by atoms with Gasteiger partial charge in [-0.3, -0.25) is 9.13 Å². The van der Waals surface area contributed by atoms with Crippen molar-refractivity contribution in [1.82, 2.24) is 33.2 Å². The second-order valence-corrected chi connectivity index (χ2v) is 16.4. The molecular weight excluding hydrogens is 795 g/mol. The molecule has 5 heterocycles. The van der Waals surface area contributed by atoms with Crippen LogP contribution in [-0.4, -0.2) is 33.2 Å². The van der Waals surface area contributed by atoms with Gasteiger partial charge in [-0.15, -0.1) is 0 Å². The molecule has 0 bridgehead atoms.